The summed E-state index contributed by atoms with van der Waals surface area (Å²) in [4.78, 5) is 2.23. The first-order valence-electron chi connectivity index (χ1n) is 6.30. The molecule has 1 saturated carbocycles. The smallest absolute Gasteiger partial charge is 0.101 e. The van der Waals surface area contributed by atoms with E-state index in [4.69, 9.17) is 5.73 Å². The Morgan fingerprint density at radius 1 is 1.33 bits per heavy atom. The summed E-state index contributed by atoms with van der Waals surface area (Å²) in [7, 11) is 2.07. The highest BCUT2D eigenvalue weighted by Gasteiger charge is 2.23. The summed E-state index contributed by atoms with van der Waals surface area (Å²) >= 11 is 3.47. The van der Waals surface area contributed by atoms with Crippen molar-refractivity contribution in [2.75, 3.05) is 11.9 Å². The van der Waals surface area contributed by atoms with E-state index in [1.807, 2.05) is 18.2 Å². The summed E-state index contributed by atoms with van der Waals surface area (Å²) in [6.07, 6.45) is 4.36. The molecule has 4 heteroatoms. The molecule has 0 bridgehead atoms. The number of nitriles is 1. The lowest BCUT2D eigenvalue weighted by molar-refractivity contribution is 0.385. The van der Waals surface area contributed by atoms with E-state index in [1.54, 1.807) is 0 Å². The molecule has 0 saturated heterocycles. The molecule has 2 N–H and O–H groups in total. The van der Waals surface area contributed by atoms with Gasteiger partial charge in [-0.15, -0.1) is 0 Å². The van der Waals surface area contributed by atoms with Crippen LogP contribution < -0.4 is 10.6 Å². The van der Waals surface area contributed by atoms with Crippen molar-refractivity contribution in [3.63, 3.8) is 0 Å². The van der Waals surface area contributed by atoms with E-state index < -0.39 is 0 Å². The fourth-order valence-electron chi connectivity index (χ4n) is 2.58. The zero-order valence-electron chi connectivity index (χ0n) is 10.6. The maximum absolute atomic E-state index is 9.19. The summed E-state index contributed by atoms with van der Waals surface area (Å²) < 4.78 is 1.01. The molecule has 1 fully saturated rings. The van der Waals surface area contributed by atoms with Gasteiger partial charge in [0.1, 0.15) is 6.07 Å². The van der Waals surface area contributed by atoms with Gasteiger partial charge in [0.15, 0.2) is 0 Å². The standard InChI is InChI=1S/C14H18BrN3/c1-18(13-6-4-12(17)5-7-13)14-8-11(15)3-2-10(14)9-16/h2-3,8,12-13H,4-7,17H2,1H3. The van der Waals surface area contributed by atoms with Crippen molar-refractivity contribution in [3.05, 3.63) is 28.2 Å². The lowest BCUT2D eigenvalue weighted by Crippen LogP contribution is -2.39. The minimum absolute atomic E-state index is 0.354. The van der Waals surface area contributed by atoms with Crippen LogP contribution in [0.5, 0.6) is 0 Å². The Kier molecular flexibility index (Phi) is 4.26. The predicted molar refractivity (Wildman–Crippen MR) is 77.5 cm³/mol. The van der Waals surface area contributed by atoms with E-state index in [9.17, 15) is 5.26 Å². The van der Waals surface area contributed by atoms with Gasteiger partial charge in [0.25, 0.3) is 0 Å². The van der Waals surface area contributed by atoms with Crippen molar-refractivity contribution >= 4 is 21.6 Å². The first-order valence-corrected chi connectivity index (χ1v) is 7.09. The van der Waals surface area contributed by atoms with Crippen LogP contribution >= 0.6 is 15.9 Å². The summed E-state index contributed by atoms with van der Waals surface area (Å²) in [6.45, 7) is 0. The van der Waals surface area contributed by atoms with Gasteiger partial charge in [-0.25, -0.2) is 0 Å². The van der Waals surface area contributed by atoms with E-state index in [2.05, 4.69) is 33.9 Å². The third-order valence-electron chi connectivity index (χ3n) is 3.75. The number of benzene rings is 1. The molecule has 96 valence electrons. The Morgan fingerprint density at radius 3 is 2.61 bits per heavy atom. The molecule has 0 aliphatic heterocycles. The van der Waals surface area contributed by atoms with Crippen LogP contribution in [-0.4, -0.2) is 19.1 Å². The van der Waals surface area contributed by atoms with Crippen LogP contribution in [0.15, 0.2) is 22.7 Å². The number of rotatable bonds is 2. The number of halogens is 1. The molecule has 0 unspecified atom stereocenters. The van der Waals surface area contributed by atoms with Crippen LogP contribution in [-0.2, 0) is 0 Å². The topological polar surface area (TPSA) is 53.0 Å². The van der Waals surface area contributed by atoms with Gasteiger partial charge in [-0.2, -0.15) is 5.26 Å². The molecule has 2 rings (SSSR count). The molecule has 0 aromatic heterocycles. The molecule has 0 amide bonds. The Bertz CT molecular complexity index is 459. The highest BCUT2D eigenvalue weighted by Crippen LogP contribution is 2.30. The minimum atomic E-state index is 0.354. The predicted octanol–water partition coefficient (Wildman–Crippen LogP) is 3.03. The molecule has 1 aromatic carbocycles. The van der Waals surface area contributed by atoms with E-state index in [0.29, 0.717) is 12.1 Å². The fraction of sp³-hybridized carbons (Fsp3) is 0.500. The van der Waals surface area contributed by atoms with Crippen LogP contribution in [0.3, 0.4) is 0 Å². The summed E-state index contributed by atoms with van der Waals surface area (Å²) in [5.74, 6) is 0. The Labute approximate surface area is 117 Å². The molecule has 3 nitrogen and oxygen atoms in total. The van der Waals surface area contributed by atoms with Gasteiger partial charge in [0, 0.05) is 23.6 Å². The second-order valence-electron chi connectivity index (χ2n) is 4.95. The van der Waals surface area contributed by atoms with Gasteiger partial charge in [0.05, 0.1) is 11.3 Å². The highest BCUT2D eigenvalue weighted by molar-refractivity contribution is 9.10. The van der Waals surface area contributed by atoms with Crippen molar-refractivity contribution in [3.8, 4) is 6.07 Å². The average molecular weight is 308 g/mol. The Morgan fingerprint density at radius 2 is 2.00 bits per heavy atom. The molecular formula is C14H18BrN3. The van der Waals surface area contributed by atoms with E-state index in [-0.39, 0.29) is 0 Å². The summed E-state index contributed by atoms with van der Waals surface area (Å²) in [6, 6.07) is 8.91. The molecule has 1 aliphatic rings. The van der Waals surface area contributed by atoms with Crippen LogP contribution in [0.4, 0.5) is 5.69 Å². The minimum Gasteiger partial charge on any atom is -0.371 e. The monoisotopic (exact) mass is 307 g/mol. The summed E-state index contributed by atoms with van der Waals surface area (Å²) in [5, 5.41) is 9.19. The highest BCUT2D eigenvalue weighted by atomic mass is 79.9. The van der Waals surface area contributed by atoms with Gasteiger partial charge < -0.3 is 10.6 Å². The van der Waals surface area contributed by atoms with Gasteiger partial charge in [-0.1, -0.05) is 15.9 Å². The third kappa shape index (κ3) is 2.85. The Hall–Kier alpha value is -1.05. The fourth-order valence-corrected chi connectivity index (χ4v) is 2.93. The molecule has 1 aliphatic carbocycles. The number of hydrogen-bond donors (Lipinski definition) is 1. The number of nitrogens with zero attached hydrogens (tertiary/aromatic N) is 2. The van der Waals surface area contributed by atoms with Gasteiger partial charge in [-0.3, -0.25) is 0 Å². The first-order chi connectivity index (χ1) is 8.61. The van der Waals surface area contributed by atoms with E-state index in [0.717, 1.165) is 41.4 Å². The average Bonchev–Trinajstić information content (AvgIpc) is 2.39. The van der Waals surface area contributed by atoms with Crippen LogP contribution in [0, 0.1) is 11.3 Å². The molecular weight excluding hydrogens is 290 g/mol. The van der Waals surface area contributed by atoms with Gasteiger partial charge in [0.2, 0.25) is 0 Å². The molecule has 18 heavy (non-hydrogen) atoms. The van der Waals surface area contributed by atoms with Crippen LogP contribution in [0.1, 0.15) is 31.2 Å². The third-order valence-corrected chi connectivity index (χ3v) is 4.24. The summed E-state index contributed by atoms with van der Waals surface area (Å²) in [5.41, 5.74) is 7.68. The van der Waals surface area contributed by atoms with E-state index >= 15 is 0 Å². The van der Waals surface area contributed by atoms with Crippen molar-refractivity contribution in [1.29, 1.82) is 5.26 Å². The van der Waals surface area contributed by atoms with Crippen molar-refractivity contribution < 1.29 is 0 Å². The molecule has 1 aromatic rings. The second-order valence-corrected chi connectivity index (χ2v) is 5.87. The number of hydrogen-bond acceptors (Lipinski definition) is 3. The molecule has 0 radical (unpaired) electrons. The molecule has 0 heterocycles. The zero-order chi connectivity index (χ0) is 13.1. The van der Waals surface area contributed by atoms with Gasteiger partial charge in [-0.05, 0) is 43.9 Å². The maximum Gasteiger partial charge on any atom is 0.101 e. The molecule has 0 atom stereocenters. The molecule has 0 spiro atoms. The van der Waals surface area contributed by atoms with Gasteiger partial charge >= 0.3 is 0 Å². The lowest BCUT2D eigenvalue weighted by atomic mass is 9.90. The Balaban J connectivity index is 2.20. The largest absolute Gasteiger partial charge is 0.371 e. The van der Waals surface area contributed by atoms with Crippen molar-refractivity contribution in [1.82, 2.24) is 0 Å². The van der Waals surface area contributed by atoms with Crippen molar-refractivity contribution in [2.45, 2.75) is 37.8 Å². The van der Waals surface area contributed by atoms with E-state index in [1.165, 1.54) is 0 Å². The quantitative estimate of drug-likeness (QED) is 0.913. The normalized spacial score (nSPS) is 23.4. The first kappa shape index (κ1) is 13.4. The lowest BCUT2D eigenvalue weighted by Gasteiger charge is -2.35. The van der Waals surface area contributed by atoms with Crippen LogP contribution in [0.2, 0.25) is 0 Å². The van der Waals surface area contributed by atoms with Crippen LogP contribution in [0.25, 0.3) is 0 Å². The van der Waals surface area contributed by atoms with Crippen molar-refractivity contribution in [2.24, 2.45) is 5.73 Å². The zero-order valence-corrected chi connectivity index (χ0v) is 12.2. The maximum atomic E-state index is 9.19. The second kappa shape index (κ2) is 5.73. The number of nitrogens with two attached hydrogens (primary N) is 1. The number of anilines is 1. The SMILES string of the molecule is CN(c1cc(Br)ccc1C#N)C1CCC(N)CC1.